The van der Waals surface area contributed by atoms with Crippen LogP contribution >= 0.6 is 11.3 Å². The van der Waals surface area contributed by atoms with Gasteiger partial charge < -0.3 is 10.4 Å². The fraction of sp³-hybridized carbons (Fsp3) is 0.130. The maximum absolute atomic E-state index is 12.5. The third kappa shape index (κ3) is 3.52. The van der Waals surface area contributed by atoms with Crippen molar-refractivity contribution < 1.29 is 14.3 Å². The highest BCUT2D eigenvalue weighted by atomic mass is 32.1. The van der Waals surface area contributed by atoms with E-state index in [0.717, 1.165) is 22.2 Å². The highest BCUT2D eigenvalue weighted by Crippen LogP contribution is 2.28. The number of anilines is 1. The van der Waals surface area contributed by atoms with Crippen LogP contribution in [0.15, 0.2) is 63.4 Å². The number of rotatable bonds is 5. The molecular formula is C23H20N5O3S+. The average molecular weight is 447 g/mol. The number of aromatic amines is 1. The second kappa shape index (κ2) is 7.93. The summed E-state index contributed by atoms with van der Waals surface area (Å²) in [6, 6.07) is 13.5. The van der Waals surface area contributed by atoms with Crippen molar-refractivity contribution in [2.24, 2.45) is 0 Å². The Morgan fingerprint density at radius 3 is 2.97 bits per heavy atom. The van der Waals surface area contributed by atoms with Crippen LogP contribution < -0.4 is 15.6 Å². The van der Waals surface area contributed by atoms with E-state index in [-0.39, 0.29) is 5.75 Å². The summed E-state index contributed by atoms with van der Waals surface area (Å²) in [5.41, 5.74) is 4.47. The molecule has 0 amide bonds. The van der Waals surface area contributed by atoms with Crippen molar-refractivity contribution in [1.82, 2.24) is 15.2 Å². The minimum Gasteiger partial charge on any atom is -0.505 e. The quantitative estimate of drug-likeness (QED) is 0.354. The van der Waals surface area contributed by atoms with E-state index in [1.54, 1.807) is 16.3 Å². The first-order valence-electron chi connectivity index (χ1n) is 9.98. The second-order valence-electron chi connectivity index (χ2n) is 7.49. The molecule has 0 radical (unpaired) electrons. The molecule has 0 aliphatic carbocycles. The molecule has 0 saturated heterocycles. The zero-order valence-corrected chi connectivity index (χ0v) is 18.2. The molecule has 9 heteroatoms. The van der Waals surface area contributed by atoms with Gasteiger partial charge in [0.2, 0.25) is 5.69 Å². The third-order valence-corrected chi connectivity index (χ3v) is 6.06. The number of fused-ring (bicyclic) bond motifs is 1. The van der Waals surface area contributed by atoms with E-state index in [2.05, 4.69) is 20.6 Å². The Balaban J connectivity index is 1.43. The number of aryl methyl sites for hydroxylation is 2. The first-order chi connectivity index (χ1) is 15.5. The van der Waals surface area contributed by atoms with Crippen molar-refractivity contribution in [1.29, 1.82) is 0 Å². The fourth-order valence-corrected chi connectivity index (χ4v) is 4.26. The number of nitrogens with zero attached hydrogens (tertiary/aromatic N) is 3. The molecule has 5 rings (SSSR count). The molecule has 0 bridgehead atoms. The highest BCUT2D eigenvalue weighted by molar-refractivity contribution is 7.14. The van der Waals surface area contributed by atoms with Crippen LogP contribution in [0.4, 0.5) is 5.13 Å². The summed E-state index contributed by atoms with van der Waals surface area (Å²) in [6.45, 7) is 4.32. The van der Waals surface area contributed by atoms with E-state index in [0.29, 0.717) is 34.1 Å². The van der Waals surface area contributed by atoms with E-state index < -0.39 is 5.63 Å². The predicted octanol–water partition coefficient (Wildman–Crippen LogP) is 3.85. The van der Waals surface area contributed by atoms with Crippen LogP contribution in [-0.2, 0) is 6.54 Å². The van der Waals surface area contributed by atoms with Gasteiger partial charge in [0.05, 0.1) is 0 Å². The monoisotopic (exact) mass is 446 g/mol. The van der Waals surface area contributed by atoms with E-state index in [9.17, 15) is 9.90 Å². The molecule has 0 spiro atoms. The minimum absolute atomic E-state index is 0.145. The number of phenols is 1. The lowest BCUT2D eigenvalue weighted by Crippen LogP contribution is -2.37. The predicted molar refractivity (Wildman–Crippen MR) is 122 cm³/mol. The summed E-state index contributed by atoms with van der Waals surface area (Å²) in [4.78, 5) is 21.3. The number of benzene rings is 2. The maximum Gasteiger partial charge on any atom is 0.437 e. The van der Waals surface area contributed by atoms with Crippen LogP contribution in [-0.4, -0.2) is 20.3 Å². The van der Waals surface area contributed by atoms with Gasteiger partial charge in [-0.3, -0.25) is 9.51 Å². The first-order valence-corrected chi connectivity index (χ1v) is 10.9. The van der Waals surface area contributed by atoms with Gasteiger partial charge in [0.25, 0.3) is 0 Å². The number of hydrogen-bond acceptors (Lipinski definition) is 7. The van der Waals surface area contributed by atoms with Crippen LogP contribution in [0.25, 0.3) is 28.0 Å². The van der Waals surface area contributed by atoms with Crippen LogP contribution in [0.2, 0.25) is 0 Å². The summed E-state index contributed by atoms with van der Waals surface area (Å²) >= 11 is 1.37. The Kier molecular flexibility index (Phi) is 4.95. The van der Waals surface area contributed by atoms with Crippen molar-refractivity contribution >= 4 is 27.4 Å². The van der Waals surface area contributed by atoms with Gasteiger partial charge in [-0.2, -0.15) is 0 Å². The molecule has 0 aliphatic rings. The van der Waals surface area contributed by atoms with Crippen molar-refractivity contribution in [2.75, 3.05) is 5.32 Å². The Morgan fingerprint density at radius 2 is 2.09 bits per heavy atom. The lowest BCUT2D eigenvalue weighted by atomic mass is 10.1. The summed E-state index contributed by atoms with van der Waals surface area (Å²) in [6.07, 6.45) is 1.65. The van der Waals surface area contributed by atoms with Crippen LogP contribution in [0.1, 0.15) is 16.7 Å². The van der Waals surface area contributed by atoms with Crippen molar-refractivity contribution in [2.45, 2.75) is 20.4 Å². The second-order valence-corrected chi connectivity index (χ2v) is 8.35. The molecule has 0 unspecified atom stereocenters. The molecule has 8 nitrogen and oxygen atoms in total. The Morgan fingerprint density at radius 1 is 1.22 bits per heavy atom. The molecule has 3 heterocycles. The number of H-pyrrole nitrogens is 1. The van der Waals surface area contributed by atoms with Crippen molar-refractivity contribution in [3.8, 4) is 22.8 Å². The minimum atomic E-state index is -0.499. The summed E-state index contributed by atoms with van der Waals surface area (Å²) in [5.74, 6) is 0.145. The molecule has 3 N–H and O–H groups in total. The summed E-state index contributed by atoms with van der Waals surface area (Å²) in [5, 5.41) is 19.7. The Labute approximate surface area is 186 Å². The molecule has 2 aromatic carbocycles. The number of nitrogens with one attached hydrogen (secondary N) is 2. The third-order valence-electron chi connectivity index (χ3n) is 5.26. The zero-order chi connectivity index (χ0) is 22.2. The van der Waals surface area contributed by atoms with Gasteiger partial charge in [0.1, 0.15) is 11.3 Å². The van der Waals surface area contributed by atoms with Crippen LogP contribution in [0, 0.1) is 13.8 Å². The Hall–Kier alpha value is -3.98. The molecule has 0 fully saturated rings. The first kappa shape index (κ1) is 20.0. The normalized spacial score (nSPS) is 11.2. The molecule has 0 atom stereocenters. The van der Waals surface area contributed by atoms with Crippen molar-refractivity contribution in [3.63, 3.8) is 0 Å². The summed E-state index contributed by atoms with van der Waals surface area (Å²) < 4.78 is 6.70. The topological polar surface area (TPSA) is 108 Å². The fourth-order valence-electron chi connectivity index (χ4n) is 3.57. The van der Waals surface area contributed by atoms with Gasteiger partial charge >= 0.3 is 11.3 Å². The largest absolute Gasteiger partial charge is 0.505 e. The smallest absolute Gasteiger partial charge is 0.437 e. The lowest BCUT2D eigenvalue weighted by molar-refractivity contribution is -0.660. The standard InChI is InChI=1S/C23H19N5O3S/c1-13-5-6-14(2)18(10-13)28-20(22(30)31-27-28)17-12-32-23(26-17)25-11-16-8-7-15-4-3-9-24-19(15)21(16)29/h3-10,12H,11H2,1-2H3,(H2-,25,26,27,29,30)/p+1. The summed E-state index contributed by atoms with van der Waals surface area (Å²) in [7, 11) is 0. The number of aromatic nitrogens is 4. The highest BCUT2D eigenvalue weighted by Gasteiger charge is 2.29. The van der Waals surface area contributed by atoms with Gasteiger partial charge in [-0.05, 0) is 35.4 Å². The number of thiazole rings is 1. The maximum atomic E-state index is 12.5. The lowest BCUT2D eigenvalue weighted by Gasteiger charge is -2.07. The zero-order valence-electron chi connectivity index (χ0n) is 17.4. The van der Waals surface area contributed by atoms with Gasteiger partial charge in [-0.15, -0.1) is 11.3 Å². The van der Waals surface area contributed by atoms with Gasteiger partial charge in [-0.25, -0.2) is 9.78 Å². The van der Waals surface area contributed by atoms with E-state index >= 15 is 0 Å². The number of phenolic OH excluding ortho intramolecular Hbond substituents is 1. The molecule has 0 saturated carbocycles. The Bertz CT molecular complexity index is 1500. The van der Waals surface area contributed by atoms with Crippen molar-refractivity contribution in [3.05, 3.63) is 81.2 Å². The van der Waals surface area contributed by atoms with Gasteiger partial charge in [-0.1, -0.05) is 30.3 Å². The average Bonchev–Trinajstić information content (AvgIpc) is 3.41. The molecule has 5 aromatic rings. The molecular weight excluding hydrogens is 426 g/mol. The van der Waals surface area contributed by atoms with E-state index in [1.807, 2.05) is 56.3 Å². The molecule has 160 valence electrons. The van der Waals surface area contributed by atoms with E-state index in [4.69, 9.17) is 4.52 Å². The number of pyridine rings is 1. The van der Waals surface area contributed by atoms with E-state index in [1.165, 1.54) is 11.3 Å². The number of aromatic hydroxyl groups is 1. The van der Waals surface area contributed by atoms with Crippen LogP contribution in [0.5, 0.6) is 5.75 Å². The number of hydrogen-bond donors (Lipinski definition) is 3. The van der Waals surface area contributed by atoms with Gasteiger partial charge in [0, 0.05) is 40.7 Å². The SMILES string of the molecule is Cc1ccc(C)c(-[n+]2[nH]oc(=O)c2-c2csc(NCc3ccc4cccnc4c3O)n2)c1. The molecule has 0 aliphatic heterocycles. The van der Waals surface area contributed by atoms with Crippen LogP contribution in [0.3, 0.4) is 0 Å². The van der Waals surface area contributed by atoms with Gasteiger partial charge in [0.15, 0.2) is 10.8 Å². The molecule has 3 aromatic heterocycles. The molecule has 32 heavy (non-hydrogen) atoms.